The molecule has 0 atom stereocenters. The summed E-state index contributed by atoms with van der Waals surface area (Å²) < 4.78 is 1.68. The Morgan fingerprint density at radius 1 is 1.17 bits per heavy atom. The summed E-state index contributed by atoms with van der Waals surface area (Å²) in [5.74, 6) is 0.149. The van der Waals surface area contributed by atoms with Crippen LogP contribution >= 0.6 is 23.1 Å². The highest BCUT2D eigenvalue weighted by atomic mass is 32.2. The van der Waals surface area contributed by atoms with E-state index in [1.807, 2.05) is 51.1 Å². The molecule has 2 heterocycles. The number of hydrogen-bond donors (Lipinski definition) is 1. The molecule has 1 amide bonds. The second-order valence-corrected chi connectivity index (χ2v) is 10.7. The number of benzene rings is 1. The van der Waals surface area contributed by atoms with Gasteiger partial charge in [0, 0.05) is 10.4 Å². The molecular formula is C23H27N3O2S2. The van der Waals surface area contributed by atoms with Crippen LogP contribution in [0.2, 0.25) is 0 Å². The number of carbonyl (C=O) groups excluding carboxylic acids is 1. The van der Waals surface area contributed by atoms with Gasteiger partial charge in [0.2, 0.25) is 5.91 Å². The number of nitrogens with one attached hydrogen (secondary N) is 1. The summed E-state index contributed by atoms with van der Waals surface area (Å²) in [5.41, 5.74) is 1.66. The zero-order valence-corrected chi connectivity index (χ0v) is 19.3. The summed E-state index contributed by atoms with van der Waals surface area (Å²) in [4.78, 5) is 33.1. The van der Waals surface area contributed by atoms with Gasteiger partial charge in [0.1, 0.15) is 4.83 Å². The molecule has 158 valence electrons. The quantitative estimate of drug-likeness (QED) is 0.361. The third kappa shape index (κ3) is 4.47. The van der Waals surface area contributed by atoms with Crippen LogP contribution in [-0.4, -0.2) is 26.8 Å². The summed E-state index contributed by atoms with van der Waals surface area (Å²) in [6, 6.07) is 9.60. The van der Waals surface area contributed by atoms with Crippen molar-refractivity contribution in [2.75, 3.05) is 5.75 Å². The van der Waals surface area contributed by atoms with Crippen molar-refractivity contribution < 1.29 is 4.79 Å². The minimum absolute atomic E-state index is 0.0238. The number of hydrogen-bond acceptors (Lipinski definition) is 5. The van der Waals surface area contributed by atoms with E-state index in [2.05, 4.69) is 5.32 Å². The SMILES string of the molecule is CC(C)(C)NC(=O)CSc1nc2sc3c(c2c(=O)n1-c1ccccc1)CCCCC3. The lowest BCUT2D eigenvalue weighted by Crippen LogP contribution is -2.41. The molecule has 5 nitrogen and oxygen atoms in total. The maximum atomic E-state index is 13.7. The number of fused-ring (bicyclic) bond motifs is 3. The predicted octanol–water partition coefficient (Wildman–Crippen LogP) is 4.72. The maximum absolute atomic E-state index is 13.7. The molecule has 2 aromatic heterocycles. The van der Waals surface area contributed by atoms with Crippen molar-refractivity contribution in [3.8, 4) is 5.69 Å². The lowest BCUT2D eigenvalue weighted by molar-refractivity contribution is -0.119. The second kappa shape index (κ2) is 8.55. The molecule has 3 aromatic rings. The molecule has 1 aliphatic rings. The van der Waals surface area contributed by atoms with Crippen molar-refractivity contribution in [3.63, 3.8) is 0 Å². The number of carbonyl (C=O) groups is 1. The van der Waals surface area contributed by atoms with Crippen molar-refractivity contribution in [3.05, 3.63) is 51.1 Å². The van der Waals surface area contributed by atoms with Gasteiger partial charge in [-0.1, -0.05) is 36.4 Å². The molecule has 0 fully saturated rings. The number of para-hydroxylation sites is 1. The molecule has 0 radical (unpaired) electrons. The van der Waals surface area contributed by atoms with Crippen LogP contribution in [0.1, 0.15) is 50.5 Å². The van der Waals surface area contributed by atoms with Gasteiger partial charge in [-0.3, -0.25) is 14.2 Å². The van der Waals surface area contributed by atoms with Crippen molar-refractivity contribution in [1.82, 2.24) is 14.9 Å². The zero-order chi connectivity index (χ0) is 21.3. The Hall–Kier alpha value is -2.12. The van der Waals surface area contributed by atoms with E-state index in [-0.39, 0.29) is 22.8 Å². The molecule has 0 aliphatic heterocycles. The topological polar surface area (TPSA) is 64.0 Å². The lowest BCUT2D eigenvalue weighted by atomic mass is 10.1. The molecule has 1 aliphatic carbocycles. The van der Waals surface area contributed by atoms with Crippen molar-refractivity contribution in [2.24, 2.45) is 0 Å². The number of aryl methyl sites for hydroxylation is 2. The molecule has 0 saturated carbocycles. The van der Waals surface area contributed by atoms with Crippen LogP contribution in [0.4, 0.5) is 0 Å². The first-order valence-electron chi connectivity index (χ1n) is 10.4. The van der Waals surface area contributed by atoms with Crippen molar-refractivity contribution >= 4 is 39.2 Å². The van der Waals surface area contributed by atoms with E-state index < -0.39 is 0 Å². The standard InChI is InChI=1S/C23H27N3O2S2/c1-23(2,3)25-18(27)14-29-22-24-20-19(16-12-8-5-9-13-17(16)30-20)21(28)26(22)15-10-6-4-7-11-15/h4,6-7,10-11H,5,8-9,12-14H2,1-3H3,(H,25,27). The van der Waals surface area contributed by atoms with E-state index in [9.17, 15) is 9.59 Å². The summed E-state index contributed by atoms with van der Waals surface area (Å²) in [5, 5.41) is 4.31. The van der Waals surface area contributed by atoms with Crippen LogP contribution in [0.25, 0.3) is 15.9 Å². The zero-order valence-electron chi connectivity index (χ0n) is 17.7. The van der Waals surface area contributed by atoms with Gasteiger partial charge in [0.05, 0.1) is 16.8 Å². The van der Waals surface area contributed by atoms with Crippen LogP contribution in [-0.2, 0) is 17.6 Å². The van der Waals surface area contributed by atoms with Crippen LogP contribution in [0.15, 0.2) is 40.3 Å². The third-order valence-corrected chi connectivity index (χ3v) is 7.19. The van der Waals surface area contributed by atoms with Crippen LogP contribution in [0.3, 0.4) is 0 Å². The highest BCUT2D eigenvalue weighted by molar-refractivity contribution is 7.99. The lowest BCUT2D eigenvalue weighted by Gasteiger charge is -2.20. The highest BCUT2D eigenvalue weighted by Crippen LogP contribution is 2.34. The Kier molecular flexibility index (Phi) is 6.02. The van der Waals surface area contributed by atoms with Crippen LogP contribution < -0.4 is 10.9 Å². The first-order valence-corrected chi connectivity index (χ1v) is 12.2. The van der Waals surface area contributed by atoms with Gasteiger partial charge in [-0.25, -0.2) is 4.98 Å². The number of thiophene rings is 1. The molecule has 0 bridgehead atoms. The number of rotatable bonds is 4. The summed E-state index contributed by atoms with van der Waals surface area (Å²) in [6.07, 6.45) is 5.47. The van der Waals surface area contributed by atoms with Gasteiger partial charge < -0.3 is 5.32 Å². The van der Waals surface area contributed by atoms with Crippen LogP contribution in [0, 0.1) is 0 Å². The van der Waals surface area contributed by atoms with Gasteiger partial charge in [-0.2, -0.15) is 0 Å². The fourth-order valence-corrected chi connectivity index (χ4v) is 5.96. The van der Waals surface area contributed by atoms with Gasteiger partial charge in [-0.05, 0) is 64.2 Å². The average molecular weight is 442 g/mol. The van der Waals surface area contributed by atoms with E-state index >= 15 is 0 Å². The molecule has 30 heavy (non-hydrogen) atoms. The molecule has 7 heteroatoms. The molecule has 0 spiro atoms. The average Bonchev–Trinajstić information content (AvgIpc) is 2.87. The molecule has 0 unspecified atom stereocenters. The minimum Gasteiger partial charge on any atom is -0.351 e. The summed E-state index contributed by atoms with van der Waals surface area (Å²) >= 11 is 2.97. The van der Waals surface area contributed by atoms with Crippen LogP contribution in [0.5, 0.6) is 0 Å². The predicted molar refractivity (Wildman–Crippen MR) is 125 cm³/mol. The van der Waals surface area contributed by atoms with Gasteiger partial charge >= 0.3 is 0 Å². The first-order chi connectivity index (χ1) is 14.3. The smallest absolute Gasteiger partial charge is 0.267 e. The number of aromatic nitrogens is 2. The van der Waals surface area contributed by atoms with Crippen molar-refractivity contribution in [2.45, 2.75) is 63.6 Å². The Morgan fingerprint density at radius 3 is 2.63 bits per heavy atom. The van der Waals surface area contributed by atoms with E-state index in [4.69, 9.17) is 4.98 Å². The number of thioether (sulfide) groups is 1. The van der Waals surface area contributed by atoms with Crippen molar-refractivity contribution in [1.29, 1.82) is 0 Å². The molecular weight excluding hydrogens is 414 g/mol. The summed E-state index contributed by atoms with van der Waals surface area (Å²) in [7, 11) is 0. The highest BCUT2D eigenvalue weighted by Gasteiger charge is 2.23. The first kappa shape index (κ1) is 21.1. The third-order valence-electron chi connectivity index (χ3n) is 5.07. The van der Waals surface area contributed by atoms with E-state index in [1.54, 1.807) is 15.9 Å². The number of nitrogens with zero attached hydrogens (tertiary/aromatic N) is 2. The van der Waals surface area contributed by atoms with E-state index in [0.717, 1.165) is 35.2 Å². The maximum Gasteiger partial charge on any atom is 0.267 e. The minimum atomic E-state index is -0.292. The molecule has 4 rings (SSSR count). The second-order valence-electron chi connectivity index (χ2n) is 8.70. The molecule has 1 aromatic carbocycles. The van der Waals surface area contributed by atoms with E-state index in [0.29, 0.717) is 5.16 Å². The van der Waals surface area contributed by atoms with E-state index in [1.165, 1.54) is 35.0 Å². The molecule has 1 N–H and O–H groups in total. The Labute approximate surface area is 184 Å². The fourth-order valence-electron chi connectivity index (χ4n) is 3.85. The largest absolute Gasteiger partial charge is 0.351 e. The van der Waals surface area contributed by atoms with Gasteiger partial charge in [0.15, 0.2) is 5.16 Å². The Bertz CT molecular complexity index is 1130. The number of amides is 1. The summed E-state index contributed by atoms with van der Waals surface area (Å²) in [6.45, 7) is 5.87. The Morgan fingerprint density at radius 2 is 1.90 bits per heavy atom. The monoisotopic (exact) mass is 441 g/mol. The van der Waals surface area contributed by atoms with Gasteiger partial charge in [0.25, 0.3) is 5.56 Å². The van der Waals surface area contributed by atoms with Gasteiger partial charge in [-0.15, -0.1) is 11.3 Å². The Balaban J connectivity index is 1.80. The normalized spacial score (nSPS) is 14.4. The molecule has 0 saturated heterocycles. The fraction of sp³-hybridized carbons (Fsp3) is 0.435.